The fraction of sp³-hybridized carbons (Fsp3) is 0.348. The molecule has 1 amide bonds. The molecule has 2 aromatic carbocycles. The lowest BCUT2D eigenvalue weighted by Crippen LogP contribution is -2.29. The van der Waals surface area contributed by atoms with Gasteiger partial charge in [-0.25, -0.2) is 14.0 Å². The fourth-order valence-electron chi connectivity index (χ4n) is 3.60. The summed E-state index contributed by atoms with van der Waals surface area (Å²) in [6.45, 7) is 1.04. The molecule has 3 aromatic rings. The first-order valence-electron chi connectivity index (χ1n) is 10.5. The summed E-state index contributed by atoms with van der Waals surface area (Å²) in [5.41, 5.74) is 6.13. The van der Waals surface area contributed by atoms with E-state index in [0.717, 1.165) is 41.5 Å². The molecule has 31 heavy (non-hydrogen) atoms. The molecule has 1 aromatic heterocycles. The average Bonchev–Trinajstić information content (AvgIpc) is 3.26. The number of nitrogens with zero attached hydrogens (tertiary/aromatic N) is 1. The van der Waals surface area contributed by atoms with Crippen LogP contribution in [0.3, 0.4) is 0 Å². The van der Waals surface area contributed by atoms with Crippen LogP contribution < -0.4 is 5.48 Å². The van der Waals surface area contributed by atoms with Gasteiger partial charge in [0.2, 0.25) is 17.2 Å². The number of H-pyrrole nitrogens is 1. The molecule has 0 fully saturated rings. The lowest BCUT2D eigenvalue weighted by Gasteiger charge is -2.17. The van der Waals surface area contributed by atoms with E-state index in [1.54, 1.807) is 9.79 Å². The Bertz CT molecular complexity index is 1000. The summed E-state index contributed by atoms with van der Waals surface area (Å²) in [5, 5.41) is 9.65. The second kappa shape index (κ2) is 11.8. The summed E-state index contributed by atoms with van der Waals surface area (Å²) < 4.78 is 22.8. The molecule has 0 saturated carbocycles. The van der Waals surface area contributed by atoms with Crippen LogP contribution in [-0.4, -0.2) is 42.3 Å². The van der Waals surface area contributed by atoms with Crippen molar-refractivity contribution in [3.05, 3.63) is 60.3 Å². The zero-order valence-electron chi connectivity index (χ0n) is 17.4. The van der Waals surface area contributed by atoms with Gasteiger partial charge in [0.25, 0.3) is 0 Å². The van der Waals surface area contributed by atoms with Crippen LogP contribution in [0.1, 0.15) is 37.7 Å². The van der Waals surface area contributed by atoms with E-state index in [1.165, 1.54) is 5.39 Å². The molecule has 1 heterocycles. The molecule has 3 rings (SSSR count). The Kier molecular flexibility index (Phi) is 8.78. The number of hydrogen-bond donors (Lipinski definition) is 4. The third-order valence-corrected chi connectivity index (χ3v) is 6.21. The predicted octanol–water partition coefficient (Wildman–Crippen LogP) is 4.27. The number of benzene rings is 2. The lowest BCUT2D eigenvalue weighted by molar-refractivity contribution is -0.129. The topological polar surface area (TPSA) is 106 Å². The number of carbonyl (C=O) groups is 1. The summed E-state index contributed by atoms with van der Waals surface area (Å²) >= 11 is -2.00. The van der Waals surface area contributed by atoms with E-state index < -0.39 is 11.3 Å². The van der Waals surface area contributed by atoms with E-state index in [1.807, 2.05) is 6.20 Å². The normalized spacial score (nSPS) is 12.4. The molecule has 1 unspecified atom stereocenters. The quantitative estimate of drug-likeness (QED) is 0.145. The third-order valence-electron chi connectivity index (χ3n) is 5.40. The highest BCUT2D eigenvalue weighted by Crippen LogP contribution is 2.24. The Morgan fingerprint density at radius 1 is 0.968 bits per heavy atom. The summed E-state index contributed by atoms with van der Waals surface area (Å²) in [6, 6.07) is 16.7. The van der Waals surface area contributed by atoms with Gasteiger partial charge in [0.1, 0.15) is 0 Å². The van der Waals surface area contributed by atoms with Gasteiger partial charge in [-0.15, -0.1) is 0 Å². The van der Waals surface area contributed by atoms with Crippen molar-refractivity contribution in [2.45, 2.75) is 38.5 Å². The maximum Gasteiger partial charge on any atom is 0.243 e. The Hall–Kier alpha value is -2.52. The van der Waals surface area contributed by atoms with Crippen LogP contribution in [0.5, 0.6) is 0 Å². The van der Waals surface area contributed by atoms with Crippen molar-refractivity contribution >= 4 is 28.1 Å². The summed E-state index contributed by atoms with van der Waals surface area (Å²) in [4.78, 5) is 14.2. The molecule has 0 radical (unpaired) electrons. The van der Waals surface area contributed by atoms with E-state index in [9.17, 15) is 13.6 Å². The number of hydrogen-bond acceptors (Lipinski definition) is 3. The predicted molar refractivity (Wildman–Crippen MR) is 123 cm³/mol. The Morgan fingerprint density at radius 2 is 1.71 bits per heavy atom. The van der Waals surface area contributed by atoms with Gasteiger partial charge in [-0.3, -0.25) is 14.6 Å². The molecular formula is C23H29N3O4S. The van der Waals surface area contributed by atoms with Crippen LogP contribution in [0.15, 0.2) is 54.7 Å². The third kappa shape index (κ3) is 7.00. The number of aromatic nitrogens is 1. The minimum absolute atomic E-state index is 0.293. The standard InChI is InChI=1S/C23H29N3O4S/c27-23(25-28)5-3-1-2-4-15-26(31(29)30)16-13-18-6-8-19(9-7-18)21-11-10-20-12-14-24-22(20)17-21/h6-12,14,17,24,28H,1-5,13,15-16H2,(H,25,27)(H,29,30). The van der Waals surface area contributed by atoms with Crippen LogP contribution in [0.2, 0.25) is 0 Å². The van der Waals surface area contributed by atoms with E-state index in [2.05, 4.69) is 53.5 Å². The second-order valence-electron chi connectivity index (χ2n) is 7.59. The maximum atomic E-state index is 11.6. The molecule has 7 nitrogen and oxygen atoms in total. The van der Waals surface area contributed by atoms with Gasteiger partial charge < -0.3 is 4.98 Å². The Balaban J connectivity index is 1.45. The highest BCUT2D eigenvalue weighted by molar-refractivity contribution is 7.76. The number of amides is 1. The molecule has 4 N–H and O–H groups in total. The van der Waals surface area contributed by atoms with Gasteiger partial charge in [0.05, 0.1) is 0 Å². The highest BCUT2D eigenvalue weighted by Gasteiger charge is 2.11. The first-order chi connectivity index (χ1) is 15.1. The largest absolute Gasteiger partial charge is 0.361 e. The van der Waals surface area contributed by atoms with Crippen LogP contribution in [-0.2, 0) is 22.5 Å². The van der Waals surface area contributed by atoms with Gasteiger partial charge in [-0.05, 0) is 53.5 Å². The van der Waals surface area contributed by atoms with Crippen molar-refractivity contribution in [3.8, 4) is 11.1 Å². The van der Waals surface area contributed by atoms with E-state index in [0.29, 0.717) is 32.4 Å². The number of unbranched alkanes of at least 4 members (excludes halogenated alkanes) is 3. The molecule has 0 aliphatic heterocycles. The maximum absolute atomic E-state index is 11.6. The molecule has 0 aliphatic rings. The van der Waals surface area contributed by atoms with Crippen molar-refractivity contribution in [2.75, 3.05) is 13.1 Å². The number of aromatic amines is 1. The number of carbonyl (C=O) groups excluding carboxylic acids is 1. The number of hydroxylamine groups is 1. The van der Waals surface area contributed by atoms with Gasteiger partial charge in [0, 0.05) is 31.2 Å². The van der Waals surface area contributed by atoms with E-state index in [4.69, 9.17) is 5.21 Å². The molecule has 0 bridgehead atoms. The van der Waals surface area contributed by atoms with Crippen molar-refractivity contribution in [1.29, 1.82) is 0 Å². The Morgan fingerprint density at radius 3 is 2.45 bits per heavy atom. The number of nitrogens with one attached hydrogen (secondary N) is 2. The monoisotopic (exact) mass is 443 g/mol. The second-order valence-corrected chi connectivity index (χ2v) is 8.56. The Labute approximate surface area is 184 Å². The lowest BCUT2D eigenvalue weighted by atomic mass is 10.0. The van der Waals surface area contributed by atoms with Gasteiger partial charge in [-0.1, -0.05) is 49.2 Å². The van der Waals surface area contributed by atoms with E-state index >= 15 is 0 Å². The van der Waals surface area contributed by atoms with Crippen LogP contribution in [0.4, 0.5) is 0 Å². The number of rotatable bonds is 12. The van der Waals surface area contributed by atoms with Crippen molar-refractivity contribution in [1.82, 2.24) is 14.8 Å². The molecule has 166 valence electrons. The SMILES string of the molecule is O=C(CCCCCCN(CCc1ccc(-c2ccc3cc[nH]c3c2)cc1)S(=O)O)NO. The highest BCUT2D eigenvalue weighted by atomic mass is 32.2. The van der Waals surface area contributed by atoms with E-state index in [-0.39, 0.29) is 5.91 Å². The van der Waals surface area contributed by atoms with Crippen LogP contribution in [0.25, 0.3) is 22.0 Å². The zero-order chi connectivity index (χ0) is 22.1. The summed E-state index contributed by atoms with van der Waals surface area (Å²) in [5.74, 6) is -0.381. The fourth-order valence-corrected chi connectivity index (χ4v) is 4.13. The molecule has 8 heteroatoms. The van der Waals surface area contributed by atoms with Gasteiger partial charge in [0.15, 0.2) is 0 Å². The molecule has 1 atom stereocenters. The van der Waals surface area contributed by atoms with Gasteiger partial charge in [-0.2, -0.15) is 0 Å². The minimum Gasteiger partial charge on any atom is -0.361 e. The molecule has 0 spiro atoms. The summed E-state index contributed by atoms with van der Waals surface area (Å²) in [7, 11) is 0. The molecular weight excluding hydrogens is 414 g/mol. The van der Waals surface area contributed by atoms with Gasteiger partial charge >= 0.3 is 0 Å². The zero-order valence-corrected chi connectivity index (χ0v) is 18.2. The van der Waals surface area contributed by atoms with Crippen LogP contribution in [0, 0.1) is 0 Å². The smallest absolute Gasteiger partial charge is 0.243 e. The van der Waals surface area contributed by atoms with Crippen molar-refractivity contribution < 1.29 is 18.8 Å². The first kappa shape index (κ1) is 23.1. The average molecular weight is 444 g/mol. The minimum atomic E-state index is -2.00. The van der Waals surface area contributed by atoms with Crippen molar-refractivity contribution in [3.63, 3.8) is 0 Å². The summed E-state index contributed by atoms with van der Waals surface area (Å²) in [6.07, 6.45) is 6.11. The molecule has 0 aliphatic carbocycles. The van der Waals surface area contributed by atoms with Crippen LogP contribution >= 0.6 is 0 Å². The van der Waals surface area contributed by atoms with Crippen molar-refractivity contribution in [2.24, 2.45) is 0 Å². The first-order valence-corrected chi connectivity index (χ1v) is 11.6. The number of fused-ring (bicyclic) bond motifs is 1. The molecule has 0 saturated heterocycles.